The summed E-state index contributed by atoms with van der Waals surface area (Å²) >= 11 is 5.31. The number of hydrogen-bond acceptors (Lipinski definition) is 4. The lowest BCUT2D eigenvalue weighted by Gasteiger charge is -2.35. The zero-order chi connectivity index (χ0) is 19.7. The highest BCUT2D eigenvalue weighted by atomic mass is 32.1. The number of thiocarbonyl (C=S) groups is 1. The van der Waals surface area contributed by atoms with Gasteiger partial charge in [0.2, 0.25) is 0 Å². The van der Waals surface area contributed by atoms with E-state index < -0.39 is 0 Å². The number of rotatable bonds is 5. The van der Waals surface area contributed by atoms with Crippen LogP contribution in [0.4, 0.5) is 0 Å². The number of ether oxygens (including phenoxy) is 1. The fraction of sp³-hybridized carbons (Fsp3) is 0.550. The predicted octanol–water partition coefficient (Wildman–Crippen LogP) is 2.66. The highest BCUT2D eigenvalue weighted by Crippen LogP contribution is 2.25. The van der Waals surface area contributed by atoms with Crippen LogP contribution < -0.4 is 0 Å². The van der Waals surface area contributed by atoms with Gasteiger partial charge < -0.3 is 9.30 Å². The van der Waals surface area contributed by atoms with Crippen molar-refractivity contribution in [2.24, 2.45) is 0 Å². The van der Waals surface area contributed by atoms with E-state index in [2.05, 4.69) is 4.57 Å². The Bertz CT molecular complexity index is 778. The van der Waals surface area contributed by atoms with Gasteiger partial charge in [0.25, 0.3) is 11.8 Å². The van der Waals surface area contributed by atoms with E-state index in [1.54, 1.807) is 6.08 Å². The average molecular weight is 390 g/mol. The van der Waals surface area contributed by atoms with E-state index in [-0.39, 0.29) is 28.6 Å². The summed E-state index contributed by atoms with van der Waals surface area (Å²) in [7, 11) is 0. The van der Waals surface area contributed by atoms with E-state index >= 15 is 0 Å². The molecule has 2 amide bonds. The van der Waals surface area contributed by atoms with Crippen LogP contribution in [0.5, 0.6) is 0 Å². The lowest BCUT2D eigenvalue weighted by Crippen LogP contribution is -2.55. The molecule has 2 aliphatic rings. The molecule has 3 rings (SSSR count). The summed E-state index contributed by atoms with van der Waals surface area (Å²) in [6.45, 7) is 10.3. The van der Waals surface area contributed by atoms with E-state index in [1.165, 1.54) is 9.80 Å². The Balaban J connectivity index is 1.96. The fourth-order valence-electron chi connectivity index (χ4n) is 3.79. The lowest BCUT2D eigenvalue weighted by atomic mass is 10.1. The molecule has 0 spiro atoms. The van der Waals surface area contributed by atoms with Crippen LogP contribution in [0, 0.1) is 13.8 Å². The minimum Gasteiger partial charge on any atom is -0.376 e. The van der Waals surface area contributed by atoms with Gasteiger partial charge in [0.15, 0.2) is 5.11 Å². The third kappa shape index (κ3) is 3.58. The Hall–Kier alpha value is -1.99. The minimum absolute atomic E-state index is 0.171. The first-order valence-electron chi connectivity index (χ1n) is 9.56. The van der Waals surface area contributed by atoms with Gasteiger partial charge in [-0.2, -0.15) is 0 Å². The second kappa shape index (κ2) is 7.94. The number of aromatic nitrogens is 1. The van der Waals surface area contributed by atoms with Gasteiger partial charge in [-0.3, -0.25) is 19.4 Å². The Kier molecular flexibility index (Phi) is 5.81. The van der Waals surface area contributed by atoms with Crippen molar-refractivity contribution in [3.63, 3.8) is 0 Å². The van der Waals surface area contributed by atoms with Crippen LogP contribution in [0.3, 0.4) is 0 Å². The second-order valence-electron chi connectivity index (χ2n) is 7.01. The van der Waals surface area contributed by atoms with Crippen molar-refractivity contribution in [2.45, 2.75) is 53.2 Å². The van der Waals surface area contributed by atoms with Crippen molar-refractivity contribution in [1.82, 2.24) is 14.4 Å². The van der Waals surface area contributed by atoms with Crippen LogP contribution in [-0.2, 0) is 20.9 Å². The van der Waals surface area contributed by atoms with Gasteiger partial charge in [0, 0.05) is 37.6 Å². The maximum Gasteiger partial charge on any atom is 0.265 e. The molecule has 0 N–H and O–H groups in total. The fourth-order valence-corrected chi connectivity index (χ4v) is 4.21. The molecule has 146 valence electrons. The normalized spacial score (nSPS) is 20.8. The summed E-state index contributed by atoms with van der Waals surface area (Å²) in [5.41, 5.74) is 3.20. The molecule has 1 atom stereocenters. The molecule has 27 heavy (non-hydrogen) atoms. The van der Waals surface area contributed by atoms with Crippen molar-refractivity contribution in [1.29, 1.82) is 0 Å². The van der Waals surface area contributed by atoms with Crippen molar-refractivity contribution in [3.8, 4) is 0 Å². The highest BCUT2D eigenvalue weighted by molar-refractivity contribution is 7.80. The average Bonchev–Trinajstić information content (AvgIpc) is 3.23. The number of likely N-dealkylation sites (N-methyl/N-ethyl adjacent to an activating group) is 2. The Labute approximate surface area is 165 Å². The maximum absolute atomic E-state index is 12.8. The monoisotopic (exact) mass is 389 g/mol. The van der Waals surface area contributed by atoms with Gasteiger partial charge >= 0.3 is 0 Å². The first-order valence-corrected chi connectivity index (χ1v) is 9.97. The van der Waals surface area contributed by atoms with E-state index in [0.29, 0.717) is 13.1 Å². The van der Waals surface area contributed by atoms with E-state index in [1.807, 2.05) is 33.8 Å². The van der Waals surface area contributed by atoms with Gasteiger partial charge in [-0.05, 0) is 70.5 Å². The van der Waals surface area contributed by atoms with E-state index in [4.69, 9.17) is 17.0 Å². The van der Waals surface area contributed by atoms with Crippen LogP contribution >= 0.6 is 12.2 Å². The molecule has 0 unspecified atom stereocenters. The minimum atomic E-state index is -0.318. The van der Waals surface area contributed by atoms with Gasteiger partial charge in [-0.15, -0.1) is 0 Å². The first-order chi connectivity index (χ1) is 12.9. The number of amides is 2. The molecule has 3 heterocycles. The largest absolute Gasteiger partial charge is 0.376 e. The van der Waals surface area contributed by atoms with Crippen LogP contribution in [0.15, 0.2) is 11.6 Å². The van der Waals surface area contributed by atoms with E-state index in [0.717, 1.165) is 42.9 Å². The summed E-state index contributed by atoms with van der Waals surface area (Å²) in [5, 5.41) is 0.288. The molecule has 0 bridgehead atoms. The molecule has 0 radical (unpaired) electrons. The van der Waals surface area contributed by atoms with Gasteiger partial charge in [-0.25, -0.2) is 0 Å². The molecular formula is C20H27N3O3S. The van der Waals surface area contributed by atoms with Crippen LogP contribution in [0.25, 0.3) is 6.08 Å². The molecule has 2 saturated heterocycles. The van der Waals surface area contributed by atoms with Gasteiger partial charge in [-0.1, -0.05) is 0 Å². The molecule has 7 heteroatoms. The second-order valence-corrected chi connectivity index (χ2v) is 7.38. The number of carbonyl (C=O) groups excluding carboxylic acids is 2. The van der Waals surface area contributed by atoms with Crippen molar-refractivity contribution >= 4 is 35.2 Å². The van der Waals surface area contributed by atoms with Gasteiger partial charge in [0.05, 0.1) is 6.10 Å². The van der Waals surface area contributed by atoms with E-state index in [9.17, 15) is 9.59 Å². The van der Waals surface area contributed by atoms with Crippen LogP contribution in [0.1, 0.15) is 43.6 Å². The SMILES string of the molecule is CCN1C(=O)C(=Cc2cc(C)n(C[C@@H]3CCCO3)c2C)C(=O)N(CC)C1=S. The van der Waals surface area contributed by atoms with Crippen molar-refractivity contribution in [2.75, 3.05) is 19.7 Å². The molecule has 1 aromatic rings. The maximum atomic E-state index is 12.8. The molecule has 0 saturated carbocycles. The number of nitrogens with zero attached hydrogens (tertiary/aromatic N) is 3. The summed E-state index contributed by atoms with van der Waals surface area (Å²) < 4.78 is 7.97. The Morgan fingerprint density at radius 3 is 2.33 bits per heavy atom. The molecule has 1 aromatic heterocycles. The first kappa shape index (κ1) is 19.8. The summed E-state index contributed by atoms with van der Waals surface area (Å²) in [5.74, 6) is -0.637. The molecule has 2 aliphatic heterocycles. The lowest BCUT2D eigenvalue weighted by molar-refractivity contribution is -0.133. The quantitative estimate of drug-likeness (QED) is 0.441. The summed E-state index contributed by atoms with van der Waals surface area (Å²) in [6, 6.07) is 2.03. The summed E-state index contributed by atoms with van der Waals surface area (Å²) in [4.78, 5) is 28.6. The van der Waals surface area contributed by atoms with Gasteiger partial charge in [0.1, 0.15) is 5.57 Å². The zero-order valence-electron chi connectivity index (χ0n) is 16.4. The number of hydrogen-bond donors (Lipinski definition) is 0. The summed E-state index contributed by atoms with van der Waals surface area (Å²) in [6.07, 6.45) is 4.12. The molecular weight excluding hydrogens is 362 g/mol. The molecule has 0 aromatic carbocycles. The highest BCUT2D eigenvalue weighted by Gasteiger charge is 2.38. The standard InChI is InChI=1S/C20H27N3O3S/c1-5-21-18(24)17(19(25)22(6-2)20(21)27)11-15-10-13(3)23(14(15)4)12-16-8-7-9-26-16/h10-11,16H,5-9,12H2,1-4H3/t16-/m0/s1. The van der Waals surface area contributed by atoms with Crippen molar-refractivity contribution in [3.05, 3.63) is 28.6 Å². The molecule has 2 fully saturated rings. The zero-order valence-corrected chi connectivity index (χ0v) is 17.3. The number of aryl methyl sites for hydroxylation is 1. The smallest absolute Gasteiger partial charge is 0.265 e. The Morgan fingerprint density at radius 2 is 1.81 bits per heavy atom. The number of carbonyl (C=O) groups is 2. The molecule has 0 aliphatic carbocycles. The topological polar surface area (TPSA) is 54.8 Å². The third-order valence-electron chi connectivity index (χ3n) is 5.37. The molecule has 6 nitrogen and oxygen atoms in total. The predicted molar refractivity (Wildman–Crippen MR) is 108 cm³/mol. The third-order valence-corrected chi connectivity index (χ3v) is 5.81. The van der Waals surface area contributed by atoms with Crippen LogP contribution in [0.2, 0.25) is 0 Å². The Morgan fingerprint density at radius 1 is 1.19 bits per heavy atom. The van der Waals surface area contributed by atoms with Crippen molar-refractivity contribution < 1.29 is 14.3 Å². The van der Waals surface area contributed by atoms with Crippen LogP contribution in [-0.4, -0.2) is 57.1 Å².